The summed E-state index contributed by atoms with van der Waals surface area (Å²) in [4.78, 5) is 12.4. The molecule has 1 fully saturated rings. The molecule has 0 aromatic rings. The molecule has 1 rings (SSSR count). The fourth-order valence-electron chi connectivity index (χ4n) is 5.20. The molecule has 7 nitrogen and oxygen atoms in total. The molecule has 7 atom stereocenters. The summed E-state index contributed by atoms with van der Waals surface area (Å²) in [6.45, 7) is 51.2. The molecule has 0 saturated carbocycles. The molecule has 51 heavy (non-hydrogen) atoms. The predicted octanol–water partition coefficient (Wildman–Crippen LogP) is 11.1. The van der Waals surface area contributed by atoms with E-state index in [2.05, 4.69) is 129 Å². The largest absolute Gasteiger partial charge is 0.465 e. The normalized spacial score (nSPS) is 22.8. The van der Waals surface area contributed by atoms with Gasteiger partial charge < -0.3 is 27.9 Å². The van der Waals surface area contributed by atoms with E-state index in [1.165, 1.54) is 0 Å². The number of aliphatic hydroxyl groups excluding tert-OH is 1. The van der Waals surface area contributed by atoms with Crippen molar-refractivity contribution >= 4 is 30.9 Å². The third-order valence-corrected chi connectivity index (χ3v) is 26.0. The molecule has 0 aromatic heterocycles. The highest BCUT2D eigenvalue weighted by Gasteiger charge is 2.47. The second-order valence-corrected chi connectivity index (χ2v) is 35.4. The number of carbonyl (C=O) groups excluding carboxylic acids is 1. The van der Waals surface area contributed by atoms with Crippen LogP contribution < -0.4 is 0 Å². The van der Waals surface area contributed by atoms with Gasteiger partial charge in [0.1, 0.15) is 12.2 Å². The predicted molar refractivity (Wildman–Crippen MR) is 223 cm³/mol. The number of hydrogen-bond donors (Lipinski definition) is 1. The third-order valence-electron chi connectivity index (χ3n) is 12.5. The van der Waals surface area contributed by atoms with Crippen LogP contribution in [0, 0.1) is 17.3 Å². The molecule has 0 aliphatic carbocycles. The first-order valence-corrected chi connectivity index (χ1v) is 28.2. The smallest absolute Gasteiger partial charge is 0.311 e. The summed E-state index contributed by atoms with van der Waals surface area (Å²) in [5.41, 5.74) is 1.15. The number of esters is 1. The quantitative estimate of drug-likeness (QED) is 0.0950. The molecule has 1 saturated heterocycles. The van der Waals surface area contributed by atoms with Crippen LogP contribution in [-0.4, -0.2) is 79.8 Å². The molecule has 300 valence electrons. The average molecular weight is 771 g/mol. The highest BCUT2D eigenvalue weighted by Crippen LogP contribution is 2.43. The van der Waals surface area contributed by atoms with Crippen molar-refractivity contribution in [3.63, 3.8) is 0 Å². The van der Waals surface area contributed by atoms with Crippen LogP contribution in [0.3, 0.4) is 0 Å². The molecule has 1 N–H and O–H groups in total. The maximum absolute atomic E-state index is 12.4. The van der Waals surface area contributed by atoms with Crippen molar-refractivity contribution < 1.29 is 32.7 Å². The first-order valence-electron chi connectivity index (χ1n) is 19.4. The van der Waals surface area contributed by atoms with Crippen molar-refractivity contribution in [2.75, 3.05) is 13.2 Å². The second-order valence-electron chi connectivity index (χ2n) is 21.1. The number of rotatable bonds is 16. The van der Waals surface area contributed by atoms with Crippen LogP contribution in [0.2, 0.25) is 54.4 Å². The maximum atomic E-state index is 12.4. The molecule has 10 heteroatoms. The number of ether oxygens (including phenoxy) is 2. The van der Waals surface area contributed by atoms with Crippen LogP contribution in [0.5, 0.6) is 0 Å². The fraction of sp³-hybridized carbons (Fsp3) is 0.878. The van der Waals surface area contributed by atoms with E-state index in [1.807, 2.05) is 26.8 Å². The second kappa shape index (κ2) is 17.5. The molecule has 0 bridgehead atoms. The van der Waals surface area contributed by atoms with Gasteiger partial charge in [0.2, 0.25) is 0 Å². The molecule has 1 aliphatic heterocycles. The molecular formula is C41H82O7Si3. The molecule has 0 spiro atoms. The fourth-order valence-corrected chi connectivity index (χ4v) is 8.91. The Kier molecular flexibility index (Phi) is 16.6. The Bertz CT molecular complexity index is 1180. The van der Waals surface area contributed by atoms with Crippen molar-refractivity contribution in [2.45, 2.75) is 202 Å². The van der Waals surface area contributed by atoms with Gasteiger partial charge in [-0.15, -0.1) is 0 Å². The van der Waals surface area contributed by atoms with Gasteiger partial charge in [0.15, 0.2) is 25.0 Å². The lowest BCUT2D eigenvalue weighted by atomic mass is 9.91. The third kappa shape index (κ3) is 13.6. The van der Waals surface area contributed by atoms with Crippen LogP contribution in [0.15, 0.2) is 23.8 Å². The minimum atomic E-state index is -2.32. The van der Waals surface area contributed by atoms with Crippen LogP contribution in [0.25, 0.3) is 0 Å². The number of hydrogen-bond acceptors (Lipinski definition) is 7. The summed E-state index contributed by atoms with van der Waals surface area (Å²) in [7, 11) is -6.46. The van der Waals surface area contributed by atoms with E-state index in [0.717, 1.165) is 12.0 Å². The lowest BCUT2D eigenvalue weighted by molar-refractivity contribution is -0.154. The molecular weight excluding hydrogens is 689 g/mol. The molecule has 0 aromatic carbocycles. The summed E-state index contributed by atoms with van der Waals surface area (Å²) in [5.74, 6) is 0.0479. The molecule has 1 heterocycles. The minimum Gasteiger partial charge on any atom is -0.465 e. The number of aliphatic hydroxyl groups is 1. The zero-order chi connectivity index (χ0) is 40.3. The van der Waals surface area contributed by atoms with E-state index in [1.54, 1.807) is 0 Å². The Labute approximate surface area is 318 Å². The van der Waals surface area contributed by atoms with Crippen LogP contribution >= 0.6 is 0 Å². The highest BCUT2D eigenvalue weighted by molar-refractivity contribution is 6.75. The summed E-state index contributed by atoms with van der Waals surface area (Å²) in [6.07, 6.45) is 1.30. The van der Waals surface area contributed by atoms with E-state index in [-0.39, 0.29) is 51.2 Å². The Hall–Kier alpha value is -0.599. The van der Waals surface area contributed by atoms with Gasteiger partial charge in [0.25, 0.3) is 0 Å². The standard InChI is InChI=1S/C41H82O7Si3/c1-28(31(4)34(47-50(19,20)40(11,12)13)27-45-49(17,18)39(8,9)10)25-30(3)35(42)36(48-51(21,22)41(14,15)16)33-26-29(2)32(46-33)23-24-44-37(43)38(5,6)7/h25,29,31-36,42H,3,23-24,26-27H2,1-2,4-22H3/b28-25+/t29-,31-,32+,33-,34+,35-,36+/m1/s1. The van der Waals surface area contributed by atoms with Gasteiger partial charge in [-0.1, -0.05) is 94.4 Å². The lowest BCUT2D eigenvalue weighted by Gasteiger charge is -2.43. The Balaban J connectivity index is 3.40. The monoisotopic (exact) mass is 771 g/mol. The SMILES string of the molecule is C=C(/C=C(\C)[C@@H](C)[C@H](CO[Si](C)(C)C(C)(C)C)O[Si](C)(C)C(C)(C)C)[C@@H](O)[C@@H](O[Si](C)(C)C(C)(C)C)[C@H]1C[C@@H](C)[C@H](CCOC(=O)C(C)(C)C)O1. The Morgan fingerprint density at radius 3 is 1.78 bits per heavy atom. The van der Waals surface area contributed by atoms with Crippen molar-refractivity contribution in [3.8, 4) is 0 Å². The summed E-state index contributed by atoms with van der Waals surface area (Å²) >= 11 is 0. The van der Waals surface area contributed by atoms with Gasteiger partial charge in [0.05, 0.1) is 36.9 Å². The van der Waals surface area contributed by atoms with Crippen LogP contribution in [0.1, 0.15) is 117 Å². The van der Waals surface area contributed by atoms with Gasteiger partial charge in [-0.05, 0) is 100 Å². The van der Waals surface area contributed by atoms with Gasteiger partial charge in [-0.25, -0.2) is 0 Å². The average Bonchev–Trinajstić information content (AvgIpc) is 3.30. The van der Waals surface area contributed by atoms with E-state index >= 15 is 0 Å². The van der Waals surface area contributed by atoms with E-state index in [0.29, 0.717) is 25.2 Å². The van der Waals surface area contributed by atoms with Crippen LogP contribution in [0.4, 0.5) is 0 Å². The maximum Gasteiger partial charge on any atom is 0.311 e. The molecule has 0 radical (unpaired) electrons. The highest BCUT2D eigenvalue weighted by atomic mass is 28.4. The van der Waals surface area contributed by atoms with E-state index in [4.69, 9.17) is 22.8 Å². The van der Waals surface area contributed by atoms with Crippen molar-refractivity contribution in [3.05, 3.63) is 23.8 Å². The molecule has 0 unspecified atom stereocenters. The lowest BCUT2D eigenvalue weighted by Crippen LogP contribution is -2.51. The van der Waals surface area contributed by atoms with Crippen molar-refractivity contribution in [2.24, 2.45) is 17.3 Å². The Morgan fingerprint density at radius 2 is 1.33 bits per heavy atom. The summed E-state index contributed by atoms with van der Waals surface area (Å²) in [5, 5.41) is 12.2. The van der Waals surface area contributed by atoms with Gasteiger partial charge in [-0.3, -0.25) is 4.79 Å². The molecule has 0 amide bonds. The first-order chi connectivity index (χ1) is 22.6. The van der Waals surface area contributed by atoms with Gasteiger partial charge >= 0.3 is 5.97 Å². The zero-order valence-corrected chi connectivity index (χ0v) is 40.1. The summed E-state index contributed by atoms with van der Waals surface area (Å²) < 4.78 is 33.1. The van der Waals surface area contributed by atoms with Crippen molar-refractivity contribution in [1.29, 1.82) is 0 Å². The zero-order valence-electron chi connectivity index (χ0n) is 37.1. The van der Waals surface area contributed by atoms with E-state index < -0.39 is 42.6 Å². The number of carbonyl (C=O) groups is 1. The van der Waals surface area contributed by atoms with Crippen molar-refractivity contribution in [1.82, 2.24) is 0 Å². The molecule has 1 aliphatic rings. The van der Waals surface area contributed by atoms with Gasteiger partial charge in [-0.2, -0.15) is 0 Å². The Morgan fingerprint density at radius 1 is 0.863 bits per heavy atom. The van der Waals surface area contributed by atoms with Crippen LogP contribution in [-0.2, 0) is 27.5 Å². The topological polar surface area (TPSA) is 83.5 Å². The van der Waals surface area contributed by atoms with E-state index in [9.17, 15) is 9.90 Å². The van der Waals surface area contributed by atoms with Gasteiger partial charge in [0, 0.05) is 12.3 Å². The minimum absolute atomic E-state index is 0.0375. The first kappa shape index (κ1) is 48.4. The summed E-state index contributed by atoms with van der Waals surface area (Å²) in [6, 6.07) is 0.